The van der Waals surface area contributed by atoms with Gasteiger partial charge in [0.25, 0.3) is 0 Å². The molecule has 4 rings (SSSR count). The summed E-state index contributed by atoms with van der Waals surface area (Å²) in [4.78, 5) is 5.87. The van der Waals surface area contributed by atoms with Crippen molar-refractivity contribution in [3.05, 3.63) is 65.9 Å². The molecule has 2 N–H and O–H groups in total. The van der Waals surface area contributed by atoms with E-state index in [1.54, 1.807) is 0 Å². The Morgan fingerprint density at radius 1 is 1.04 bits per heavy atom. The molecule has 3 heteroatoms. The molecule has 0 radical (unpaired) electrons. The highest BCUT2D eigenvalue weighted by molar-refractivity contribution is 5.83. The zero-order valence-electron chi connectivity index (χ0n) is 15.3. The zero-order chi connectivity index (χ0) is 17.8. The predicted octanol–water partition coefficient (Wildman–Crippen LogP) is 4.30. The fourth-order valence-corrected chi connectivity index (χ4v) is 3.80. The maximum Gasteiger partial charge on any atom is 0.0455 e. The molecule has 1 aliphatic heterocycles. The smallest absolute Gasteiger partial charge is 0.0455 e. The Balaban J connectivity index is 1.64. The van der Waals surface area contributed by atoms with Gasteiger partial charge in [-0.1, -0.05) is 18.1 Å². The van der Waals surface area contributed by atoms with E-state index in [0.29, 0.717) is 6.04 Å². The van der Waals surface area contributed by atoms with E-state index in [1.807, 2.05) is 13.1 Å². The molecule has 0 amide bonds. The van der Waals surface area contributed by atoms with Crippen molar-refractivity contribution in [2.24, 2.45) is 0 Å². The molecule has 3 nitrogen and oxygen atoms in total. The van der Waals surface area contributed by atoms with E-state index < -0.39 is 0 Å². The summed E-state index contributed by atoms with van der Waals surface area (Å²) in [7, 11) is 0. The lowest BCUT2D eigenvalue weighted by atomic mass is 10.0. The first-order valence-electron chi connectivity index (χ1n) is 9.40. The van der Waals surface area contributed by atoms with Crippen LogP contribution in [0.4, 0.5) is 5.69 Å². The molecule has 26 heavy (non-hydrogen) atoms. The minimum Gasteiger partial charge on any atom is -0.364 e. The third kappa shape index (κ3) is 3.61. The molecule has 0 bridgehead atoms. The number of hydrogen-bond donors (Lipinski definition) is 2. The minimum absolute atomic E-state index is 0.572. The van der Waals surface area contributed by atoms with E-state index in [1.165, 1.54) is 35.0 Å². The Labute approximate surface area is 155 Å². The predicted molar refractivity (Wildman–Crippen MR) is 109 cm³/mol. The van der Waals surface area contributed by atoms with Crippen LogP contribution in [0.25, 0.3) is 10.9 Å². The van der Waals surface area contributed by atoms with Crippen LogP contribution in [0.3, 0.4) is 0 Å². The van der Waals surface area contributed by atoms with Gasteiger partial charge in [-0.05, 0) is 74.8 Å². The number of benzene rings is 2. The van der Waals surface area contributed by atoms with Crippen LogP contribution in [-0.4, -0.2) is 24.1 Å². The molecule has 2 heterocycles. The third-order valence-electron chi connectivity index (χ3n) is 5.19. The second-order valence-electron chi connectivity index (χ2n) is 6.93. The lowest BCUT2D eigenvalue weighted by Crippen LogP contribution is -2.43. The number of piperidine rings is 1. The summed E-state index contributed by atoms with van der Waals surface area (Å²) in [6.45, 7) is 5.00. The number of H-pyrrole nitrogens is 1. The number of nitrogens with one attached hydrogen (secondary N) is 2. The molecule has 0 saturated carbocycles. The number of fused-ring (bicyclic) bond motifs is 1. The van der Waals surface area contributed by atoms with E-state index in [2.05, 4.69) is 75.6 Å². The van der Waals surface area contributed by atoms with Gasteiger partial charge >= 0.3 is 0 Å². The minimum atomic E-state index is 0.572. The molecule has 1 aliphatic rings. The van der Waals surface area contributed by atoms with Gasteiger partial charge in [0.2, 0.25) is 0 Å². The molecule has 0 aliphatic carbocycles. The average molecular weight is 343 g/mol. The standard InChI is InChI=1S/C23H25N3/c1-2-3-18-4-6-19(7-5-18)17-26(21-11-13-24-14-12-21)22-8-9-23-20(16-22)10-15-25-23/h4-10,15-16,21,24-25H,11-14,17H2,1H3. The second kappa shape index (κ2) is 7.68. The van der Waals surface area contributed by atoms with Crippen LogP contribution in [0.15, 0.2) is 54.7 Å². The van der Waals surface area contributed by atoms with Crippen LogP contribution < -0.4 is 10.2 Å². The Hall–Kier alpha value is -2.70. The summed E-state index contributed by atoms with van der Waals surface area (Å²) in [5.41, 5.74) is 4.92. The van der Waals surface area contributed by atoms with Gasteiger partial charge < -0.3 is 15.2 Å². The van der Waals surface area contributed by atoms with Crippen molar-refractivity contribution in [2.75, 3.05) is 18.0 Å². The van der Waals surface area contributed by atoms with Gasteiger partial charge in [-0.3, -0.25) is 0 Å². The maximum absolute atomic E-state index is 3.49. The van der Waals surface area contributed by atoms with E-state index in [9.17, 15) is 0 Å². The van der Waals surface area contributed by atoms with E-state index in [-0.39, 0.29) is 0 Å². The van der Waals surface area contributed by atoms with Gasteiger partial charge in [0, 0.05) is 40.9 Å². The summed E-state index contributed by atoms with van der Waals surface area (Å²) >= 11 is 0. The van der Waals surface area contributed by atoms with Crippen LogP contribution in [0, 0.1) is 11.8 Å². The molecule has 0 atom stereocenters. The van der Waals surface area contributed by atoms with Crippen LogP contribution in [0.2, 0.25) is 0 Å². The van der Waals surface area contributed by atoms with Crippen LogP contribution >= 0.6 is 0 Å². The first-order chi connectivity index (χ1) is 12.8. The SMILES string of the molecule is CC#Cc1ccc(CN(c2ccc3[nH]ccc3c2)C2CCNCC2)cc1. The lowest BCUT2D eigenvalue weighted by molar-refractivity contribution is 0.428. The van der Waals surface area contributed by atoms with E-state index in [4.69, 9.17) is 0 Å². The van der Waals surface area contributed by atoms with Crippen LogP contribution in [0.1, 0.15) is 30.9 Å². The molecule has 132 valence electrons. The van der Waals surface area contributed by atoms with Gasteiger partial charge in [0.15, 0.2) is 0 Å². The quantitative estimate of drug-likeness (QED) is 0.692. The summed E-state index contributed by atoms with van der Waals surface area (Å²) in [6, 6.07) is 18.1. The Morgan fingerprint density at radius 2 is 1.85 bits per heavy atom. The van der Waals surface area contributed by atoms with Gasteiger partial charge in [0.1, 0.15) is 0 Å². The summed E-state index contributed by atoms with van der Waals surface area (Å²) in [5, 5.41) is 4.76. The number of anilines is 1. The largest absolute Gasteiger partial charge is 0.364 e. The highest BCUT2D eigenvalue weighted by atomic mass is 15.2. The van der Waals surface area contributed by atoms with E-state index in [0.717, 1.165) is 25.2 Å². The molecule has 1 fully saturated rings. The van der Waals surface area contributed by atoms with Crippen molar-refractivity contribution in [3.8, 4) is 11.8 Å². The van der Waals surface area contributed by atoms with Crippen molar-refractivity contribution >= 4 is 16.6 Å². The van der Waals surface area contributed by atoms with Crippen molar-refractivity contribution in [2.45, 2.75) is 32.4 Å². The van der Waals surface area contributed by atoms with Crippen molar-refractivity contribution in [1.29, 1.82) is 0 Å². The van der Waals surface area contributed by atoms with Crippen LogP contribution in [0.5, 0.6) is 0 Å². The maximum atomic E-state index is 3.49. The molecular formula is C23H25N3. The third-order valence-corrected chi connectivity index (χ3v) is 5.19. The molecular weight excluding hydrogens is 318 g/mol. The summed E-state index contributed by atoms with van der Waals surface area (Å²) in [6.07, 6.45) is 4.38. The fraction of sp³-hybridized carbons (Fsp3) is 0.304. The van der Waals surface area contributed by atoms with Gasteiger partial charge in [-0.2, -0.15) is 0 Å². The average Bonchev–Trinajstić information content (AvgIpc) is 3.16. The highest BCUT2D eigenvalue weighted by Gasteiger charge is 2.22. The Kier molecular flexibility index (Phi) is 4.95. The van der Waals surface area contributed by atoms with E-state index >= 15 is 0 Å². The topological polar surface area (TPSA) is 31.1 Å². The van der Waals surface area contributed by atoms with Crippen LogP contribution in [-0.2, 0) is 6.54 Å². The Bertz CT molecular complexity index is 921. The zero-order valence-corrected chi connectivity index (χ0v) is 15.3. The normalized spacial score (nSPS) is 14.8. The molecule has 0 spiro atoms. The number of rotatable bonds is 4. The lowest BCUT2D eigenvalue weighted by Gasteiger charge is -2.36. The highest BCUT2D eigenvalue weighted by Crippen LogP contribution is 2.27. The van der Waals surface area contributed by atoms with Crippen molar-refractivity contribution < 1.29 is 0 Å². The summed E-state index contributed by atoms with van der Waals surface area (Å²) < 4.78 is 0. The van der Waals surface area contributed by atoms with Gasteiger partial charge in [-0.25, -0.2) is 0 Å². The van der Waals surface area contributed by atoms with Gasteiger partial charge in [-0.15, -0.1) is 5.92 Å². The molecule has 2 aromatic carbocycles. The second-order valence-corrected chi connectivity index (χ2v) is 6.93. The fourth-order valence-electron chi connectivity index (χ4n) is 3.80. The molecule has 1 saturated heterocycles. The first-order valence-corrected chi connectivity index (χ1v) is 9.40. The monoisotopic (exact) mass is 343 g/mol. The number of hydrogen-bond acceptors (Lipinski definition) is 2. The first kappa shape index (κ1) is 16.8. The Morgan fingerprint density at radius 3 is 2.62 bits per heavy atom. The number of nitrogens with zero attached hydrogens (tertiary/aromatic N) is 1. The molecule has 1 aromatic heterocycles. The summed E-state index contributed by atoms with van der Waals surface area (Å²) in [5.74, 6) is 6.09. The van der Waals surface area contributed by atoms with Gasteiger partial charge in [0.05, 0.1) is 0 Å². The van der Waals surface area contributed by atoms with Crippen molar-refractivity contribution in [3.63, 3.8) is 0 Å². The molecule has 0 unspecified atom stereocenters. The molecule has 3 aromatic rings. The number of aromatic amines is 1. The van der Waals surface area contributed by atoms with Crippen molar-refractivity contribution in [1.82, 2.24) is 10.3 Å². The number of aromatic nitrogens is 1.